The topological polar surface area (TPSA) is 41.6 Å². The first kappa shape index (κ1) is 10.3. The fraction of sp³-hybridized carbons (Fsp3) is 0.889. The minimum Gasteiger partial charge on any atom is -0.449 e. The highest BCUT2D eigenvalue weighted by molar-refractivity contribution is 5.68. The van der Waals surface area contributed by atoms with E-state index in [1.54, 1.807) is 0 Å². The predicted molar refractivity (Wildman–Crippen MR) is 50.6 cm³/mol. The number of alkyl carbamates (subject to hydrolysis) is 1. The number of hydrogen-bond acceptors (Lipinski definition) is 3. The molecule has 4 heteroatoms. The molecular formula is C9H18N2O2. The van der Waals surface area contributed by atoms with E-state index in [4.69, 9.17) is 4.74 Å². The predicted octanol–water partition coefficient (Wildman–Crippen LogP) is 0.683. The number of carbonyl (C=O) groups is 1. The molecule has 13 heavy (non-hydrogen) atoms. The van der Waals surface area contributed by atoms with Crippen LogP contribution < -0.4 is 5.32 Å². The van der Waals surface area contributed by atoms with Gasteiger partial charge in [-0.3, -0.25) is 0 Å². The number of nitrogens with zero attached hydrogens (tertiary/aromatic N) is 1. The van der Waals surface area contributed by atoms with Gasteiger partial charge in [-0.15, -0.1) is 0 Å². The Morgan fingerprint density at radius 3 is 2.85 bits per heavy atom. The Morgan fingerprint density at radius 2 is 2.15 bits per heavy atom. The van der Waals surface area contributed by atoms with Gasteiger partial charge < -0.3 is 15.0 Å². The van der Waals surface area contributed by atoms with E-state index in [-0.39, 0.29) is 6.09 Å². The van der Waals surface area contributed by atoms with Crippen LogP contribution >= 0.6 is 0 Å². The molecule has 2 fully saturated rings. The van der Waals surface area contributed by atoms with E-state index in [2.05, 4.69) is 17.3 Å². The van der Waals surface area contributed by atoms with Gasteiger partial charge in [0.25, 0.3) is 0 Å². The zero-order chi connectivity index (χ0) is 9.84. The third-order valence-electron chi connectivity index (χ3n) is 2.36. The quantitative estimate of drug-likeness (QED) is 0.605. The summed E-state index contributed by atoms with van der Waals surface area (Å²) in [5.74, 6) is 0.498. The minimum absolute atomic E-state index is 0.262. The molecule has 0 aliphatic carbocycles. The van der Waals surface area contributed by atoms with Crippen LogP contribution in [-0.4, -0.2) is 43.8 Å². The van der Waals surface area contributed by atoms with Crippen LogP contribution in [0.15, 0.2) is 0 Å². The van der Waals surface area contributed by atoms with Crippen LogP contribution in [0.25, 0.3) is 0 Å². The summed E-state index contributed by atoms with van der Waals surface area (Å²) in [6.07, 6.45) is -0.262. The maximum atomic E-state index is 10.8. The number of likely N-dealkylation sites (tertiary alicyclic amines) is 1. The Balaban J connectivity index is 0.000000396. The zero-order valence-electron chi connectivity index (χ0n) is 8.54. The van der Waals surface area contributed by atoms with Crippen molar-refractivity contribution < 1.29 is 9.53 Å². The lowest BCUT2D eigenvalue weighted by atomic mass is 10.0. The van der Waals surface area contributed by atoms with Gasteiger partial charge in [0, 0.05) is 19.0 Å². The number of rotatable bonds is 0. The van der Waals surface area contributed by atoms with E-state index in [1.165, 1.54) is 0 Å². The molecule has 1 amide bonds. The fourth-order valence-electron chi connectivity index (χ4n) is 1.80. The van der Waals surface area contributed by atoms with E-state index in [0.29, 0.717) is 18.6 Å². The number of likely N-dealkylation sites (N-methyl/N-ethyl adjacent to an activating group) is 1. The molecule has 0 aromatic carbocycles. The third-order valence-corrected chi connectivity index (χ3v) is 2.36. The van der Waals surface area contributed by atoms with Crippen molar-refractivity contribution in [1.82, 2.24) is 10.2 Å². The number of nitrogens with one attached hydrogen (secondary N) is 1. The largest absolute Gasteiger partial charge is 0.449 e. The van der Waals surface area contributed by atoms with Crippen molar-refractivity contribution in [3.8, 4) is 0 Å². The Bertz CT molecular complexity index is 184. The van der Waals surface area contributed by atoms with Crippen molar-refractivity contribution >= 4 is 6.09 Å². The zero-order valence-corrected chi connectivity index (χ0v) is 8.54. The molecule has 0 aromatic heterocycles. The summed E-state index contributed by atoms with van der Waals surface area (Å²) < 4.78 is 4.86. The maximum Gasteiger partial charge on any atom is 0.407 e. The molecule has 2 heterocycles. The number of fused-ring (bicyclic) bond motifs is 1. The van der Waals surface area contributed by atoms with Crippen LogP contribution in [0.1, 0.15) is 13.8 Å². The fourth-order valence-corrected chi connectivity index (χ4v) is 1.80. The summed E-state index contributed by atoms with van der Waals surface area (Å²) in [6, 6.07) is 0.321. The molecule has 2 unspecified atom stereocenters. The molecule has 0 saturated carbocycles. The van der Waals surface area contributed by atoms with Gasteiger partial charge in [0.05, 0.1) is 12.6 Å². The number of cyclic esters (lactones) is 1. The average Bonchev–Trinajstić information content (AvgIpc) is 2.48. The highest BCUT2D eigenvalue weighted by Gasteiger charge is 2.36. The van der Waals surface area contributed by atoms with E-state index in [0.717, 1.165) is 13.1 Å². The summed E-state index contributed by atoms with van der Waals surface area (Å²) in [6.45, 7) is 6.57. The molecule has 2 rings (SSSR count). The maximum absolute atomic E-state index is 10.8. The van der Waals surface area contributed by atoms with Gasteiger partial charge in [0.2, 0.25) is 0 Å². The lowest BCUT2D eigenvalue weighted by Crippen LogP contribution is -2.47. The molecule has 0 aromatic rings. The Labute approximate surface area is 79.2 Å². The van der Waals surface area contributed by atoms with Crippen molar-refractivity contribution in [3.63, 3.8) is 0 Å². The third kappa shape index (κ3) is 2.34. The SMILES string of the molecule is CC.CN1CC2COC(=O)NC2C1. The van der Waals surface area contributed by atoms with Crippen molar-refractivity contribution in [2.45, 2.75) is 19.9 Å². The second-order valence-corrected chi connectivity index (χ2v) is 3.33. The number of carbonyl (C=O) groups excluding carboxylic acids is 1. The smallest absolute Gasteiger partial charge is 0.407 e. The molecule has 0 radical (unpaired) electrons. The Morgan fingerprint density at radius 1 is 1.46 bits per heavy atom. The molecule has 2 aliphatic rings. The molecule has 76 valence electrons. The summed E-state index contributed by atoms with van der Waals surface area (Å²) >= 11 is 0. The molecule has 4 nitrogen and oxygen atoms in total. The van der Waals surface area contributed by atoms with Crippen molar-refractivity contribution in [2.75, 3.05) is 26.7 Å². The standard InChI is InChI=1S/C7H12N2O2.C2H6/c1-9-2-5-4-11-7(10)8-6(5)3-9;1-2/h5-6H,2-4H2,1H3,(H,8,10);1-2H3. The summed E-state index contributed by atoms with van der Waals surface area (Å²) in [7, 11) is 2.06. The van der Waals surface area contributed by atoms with Gasteiger partial charge >= 0.3 is 6.09 Å². The van der Waals surface area contributed by atoms with Crippen LogP contribution in [0.2, 0.25) is 0 Å². The van der Waals surface area contributed by atoms with Crippen molar-refractivity contribution in [3.05, 3.63) is 0 Å². The molecular weight excluding hydrogens is 168 g/mol. The van der Waals surface area contributed by atoms with Gasteiger partial charge in [-0.25, -0.2) is 4.79 Å². The Kier molecular flexibility index (Phi) is 3.54. The van der Waals surface area contributed by atoms with E-state index >= 15 is 0 Å². The first-order valence-corrected chi connectivity index (χ1v) is 4.87. The van der Waals surface area contributed by atoms with Gasteiger partial charge in [-0.2, -0.15) is 0 Å². The molecule has 1 N–H and O–H groups in total. The highest BCUT2D eigenvalue weighted by atomic mass is 16.6. The molecule has 2 aliphatic heterocycles. The highest BCUT2D eigenvalue weighted by Crippen LogP contribution is 2.18. The lowest BCUT2D eigenvalue weighted by molar-refractivity contribution is 0.0946. The van der Waals surface area contributed by atoms with Gasteiger partial charge in [-0.05, 0) is 7.05 Å². The van der Waals surface area contributed by atoms with Crippen LogP contribution in [0.4, 0.5) is 4.79 Å². The molecule has 2 atom stereocenters. The first-order valence-electron chi connectivity index (χ1n) is 4.87. The minimum atomic E-state index is -0.262. The van der Waals surface area contributed by atoms with Crippen LogP contribution in [-0.2, 0) is 4.74 Å². The summed E-state index contributed by atoms with van der Waals surface area (Å²) in [5, 5.41) is 2.81. The van der Waals surface area contributed by atoms with Crippen LogP contribution in [0.5, 0.6) is 0 Å². The Hall–Kier alpha value is -0.770. The molecule has 0 bridgehead atoms. The number of amides is 1. The van der Waals surface area contributed by atoms with Crippen molar-refractivity contribution in [1.29, 1.82) is 0 Å². The summed E-state index contributed by atoms with van der Waals surface area (Å²) in [5.41, 5.74) is 0. The van der Waals surface area contributed by atoms with E-state index < -0.39 is 0 Å². The monoisotopic (exact) mass is 186 g/mol. The average molecular weight is 186 g/mol. The first-order chi connectivity index (χ1) is 6.25. The van der Waals surface area contributed by atoms with E-state index in [9.17, 15) is 4.79 Å². The van der Waals surface area contributed by atoms with Gasteiger partial charge in [-0.1, -0.05) is 13.8 Å². The molecule has 2 saturated heterocycles. The second kappa shape index (κ2) is 4.46. The second-order valence-electron chi connectivity index (χ2n) is 3.33. The lowest BCUT2D eigenvalue weighted by Gasteiger charge is -2.24. The summed E-state index contributed by atoms with van der Waals surface area (Å²) in [4.78, 5) is 13.0. The number of hydrogen-bond donors (Lipinski definition) is 1. The normalized spacial score (nSPS) is 32.4. The number of ether oxygens (including phenoxy) is 1. The van der Waals surface area contributed by atoms with Crippen LogP contribution in [0.3, 0.4) is 0 Å². The van der Waals surface area contributed by atoms with Gasteiger partial charge in [0.15, 0.2) is 0 Å². The van der Waals surface area contributed by atoms with E-state index in [1.807, 2.05) is 13.8 Å². The van der Waals surface area contributed by atoms with Gasteiger partial charge in [0.1, 0.15) is 0 Å². The van der Waals surface area contributed by atoms with Crippen LogP contribution in [0, 0.1) is 5.92 Å². The van der Waals surface area contributed by atoms with Crippen molar-refractivity contribution in [2.24, 2.45) is 5.92 Å². The molecule has 0 spiro atoms.